The summed E-state index contributed by atoms with van der Waals surface area (Å²) in [5.41, 5.74) is 11.5. The molecule has 0 aliphatic carbocycles. The number of halogens is 15. The highest BCUT2D eigenvalue weighted by Gasteiger charge is 2.62. The summed E-state index contributed by atoms with van der Waals surface area (Å²) in [5.74, 6) is -12.3. The van der Waals surface area contributed by atoms with Crippen LogP contribution in [0.25, 0.3) is 20.9 Å². The lowest BCUT2D eigenvalue weighted by atomic mass is 10.2. The molecule has 22 heteroatoms. The standard InChI is InChI=1S/C7H13F4N3Si.C4H4Br2F4.C4H4BrF4N3.CH4/c1-15(2,3)7(10,11)6(8,9)4-5-13-14-12;5-2-1-3(7,8)4(6,9)10;5-4(8,9)3(6,7)1-2-11-12-10;/h4-5H2,1-3H3;1-2H2;1-2H2;1H4. The van der Waals surface area contributed by atoms with Gasteiger partial charge < -0.3 is 0 Å². The number of alkyl halides is 15. The predicted molar refractivity (Wildman–Crippen MR) is 133 cm³/mol. The highest BCUT2D eigenvalue weighted by molar-refractivity contribution is 9.10. The van der Waals surface area contributed by atoms with Gasteiger partial charge in [0.15, 0.2) is 0 Å². The smallest absolute Gasteiger partial charge is 0.205 e. The van der Waals surface area contributed by atoms with Gasteiger partial charge in [-0.2, -0.15) is 35.1 Å². The molecule has 0 unspecified atom stereocenters. The van der Waals surface area contributed by atoms with E-state index in [9.17, 15) is 52.7 Å². The van der Waals surface area contributed by atoms with E-state index in [0.29, 0.717) is 0 Å². The van der Waals surface area contributed by atoms with E-state index in [4.69, 9.17) is 11.1 Å². The minimum Gasteiger partial charge on any atom is -0.205 e. The van der Waals surface area contributed by atoms with Gasteiger partial charge in [-0.3, -0.25) is 0 Å². The molecule has 38 heavy (non-hydrogen) atoms. The summed E-state index contributed by atoms with van der Waals surface area (Å²) in [6, 6.07) is 0. The molecule has 0 spiro atoms. The van der Waals surface area contributed by atoms with E-state index in [2.05, 4.69) is 36.0 Å². The molecule has 0 rings (SSSR count). The van der Waals surface area contributed by atoms with Crippen molar-refractivity contribution in [3.05, 3.63) is 20.9 Å². The molecule has 0 saturated heterocycles. The third-order valence-electron chi connectivity index (χ3n) is 3.82. The number of nitrogens with zero attached hydrogens (tertiary/aromatic N) is 6. The van der Waals surface area contributed by atoms with Crippen molar-refractivity contribution in [2.75, 3.05) is 18.4 Å². The van der Waals surface area contributed by atoms with Gasteiger partial charge in [0, 0.05) is 47.5 Å². The second kappa shape index (κ2) is 17.3. The molecule has 0 aromatic heterocycles. The first-order valence-electron chi connectivity index (χ1n) is 9.41. The highest BCUT2D eigenvalue weighted by Crippen LogP contribution is 2.44. The molecule has 0 aliphatic heterocycles. The summed E-state index contributed by atoms with van der Waals surface area (Å²) in [4.78, 5) is -3.97. The van der Waals surface area contributed by atoms with Crippen molar-refractivity contribution in [3.63, 3.8) is 0 Å². The molecule has 0 aromatic carbocycles. The third-order valence-corrected chi connectivity index (χ3v) is 7.62. The molecule has 0 atom stereocenters. The molecule has 6 nitrogen and oxygen atoms in total. The van der Waals surface area contributed by atoms with Crippen LogP contribution in [-0.2, 0) is 0 Å². The molecule has 0 N–H and O–H groups in total. The van der Waals surface area contributed by atoms with Gasteiger partial charge in [-0.1, -0.05) is 53.2 Å². The zero-order valence-electron chi connectivity index (χ0n) is 19.1. The SMILES string of the molecule is C.C[Si](C)(C)C(F)(F)C(F)(F)CCN=[N+]=[N-].FC(F)(Br)C(F)(F)CCBr.[N-]=[N+]=NCCC(F)(F)C(F)(F)Br. The lowest BCUT2D eigenvalue weighted by Gasteiger charge is -2.35. The van der Waals surface area contributed by atoms with Crippen molar-refractivity contribution >= 4 is 55.9 Å². The van der Waals surface area contributed by atoms with Crippen LogP contribution in [0.5, 0.6) is 0 Å². The number of rotatable bonds is 12. The monoisotopic (exact) mass is 794 g/mol. The minimum absolute atomic E-state index is 0. The summed E-state index contributed by atoms with van der Waals surface area (Å²) in [5, 5.41) is 5.40. The fourth-order valence-electron chi connectivity index (χ4n) is 1.58. The predicted octanol–water partition coefficient (Wildman–Crippen LogP) is 11.2. The van der Waals surface area contributed by atoms with Gasteiger partial charge in [0.1, 0.15) is 8.07 Å². The maximum absolute atomic E-state index is 13.3. The molecule has 0 saturated carbocycles. The molecule has 0 heterocycles. The average molecular weight is 797 g/mol. The number of hydrogen-bond donors (Lipinski definition) is 0. The highest BCUT2D eigenvalue weighted by atomic mass is 79.9. The van der Waals surface area contributed by atoms with Crippen molar-refractivity contribution in [3.8, 4) is 0 Å². The van der Waals surface area contributed by atoms with Crippen LogP contribution in [0, 0.1) is 0 Å². The maximum Gasteiger partial charge on any atom is 0.363 e. The first kappa shape index (κ1) is 44.5. The Labute approximate surface area is 236 Å². The van der Waals surface area contributed by atoms with Crippen molar-refractivity contribution < 1.29 is 52.7 Å². The van der Waals surface area contributed by atoms with E-state index >= 15 is 0 Å². The lowest BCUT2D eigenvalue weighted by molar-refractivity contribution is -0.166. The maximum atomic E-state index is 13.3. The molecule has 0 fully saturated rings. The van der Waals surface area contributed by atoms with E-state index < -0.39 is 73.4 Å². The number of hydrogen-bond acceptors (Lipinski definition) is 2. The van der Waals surface area contributed by atoms with E-state index in [1.54, 1.807) is 15.9 Å². The molecule has 0 aliphatic rings. The second-order valence-electron chi connectivity index (χ2n) is 7.78. The Bertz CT molecular complexity index is 776. The second-order valence-corrected chi connectivity index (χ2v) is 15.7. The Balaban J connectivity index is -0.000000230. The van der Waals surface area contributed by atoms with Crippen LogP contribution in [0.2, 0.25) is 19.6 Å². The summed E-state index contributed by atoms with van der Waals surface area (Å²) in [6.07, 6.45) is -3.19. The fraction of sp³-hybridized carbons (Fsp3) is 1.00. The molecule has 0 amide bonds. The van der Waals surface area contributed by atoms with E-state index in [1.165, 1.54) is 35.6 Å². The Morgan fingerprint density at radius 1 is 0.632 bits per heavy atom. The van der Waals surface area contributed by atoms with Gasteiger partial charge >= 0.3 is 27.4 Å². The summed E-state index contributed by atoms with van der Waals surface area (Å²) in [7, 11) is -3.30. The van der Waals surface area contributed by atoms with Crippen molar-refractivity contribution in [1.29, 1.82) is 0 Å². The average Bonchev–Trinajstić information content (AvgIpc) is 2.66. The van der Waals surface area contributed by atoms with Crippen LogP contribution >= 0.6 is 47.8 Å². The van der Waals surface area contributed by atoms with Gasteiger partial charge in [-0.25, -0.2) is 17.6 Å². The third kappa shape index (κ3) is 15.9. The van der Waals surface area contributed by atoms with Crippen LogP contribution in [0.1, 0.15) is 26.7 Å². The minimum atomic E-state index is -4.26. The van der Waals surface area contributed by atoms with Crippen molar-refractivity contribution in [1.82, 2.24) is 0 Å². The quantitative estimate of drug-likeness (QED) is 0.0469. The van der Waals surface area contributed by atoms with Crippen molar-refractivity contribution in [2.45, 2.75) is 79.3 Å². The summed E-state index contributed by atoms with van der Waals surface area (Å²) < 4.78 is 149. The van der Waals surface area contributed by atoms with Gasteiger partial charge in [0.2, 0.25) is 0 Å². The van der Waals surface area contributed by atoms with E-state index in [1.807, 2.05) is 0 Å². The first-order valence-corrected chi connectivity index (χ1v) is 15.6. The molecule has 0 aromatic rings. The van der Waals surface area contributed by atoms with Crippen LogP contribution in [0.3, 0.4) is 0 Å². The van der Waals surface area contributed by atoms with Crippen LogP contribution < -0.4 is 0 Å². The van der Waals surface area contributed by atoms with E-state index in [0.717, 1.165) is 0 Å². The van der Waals surface area contributed by atoms with Crippen LogP contribution in [0.4, 0.5) is 52.7 Å². The Kier molecular flexibility index (Phi) is 20.2. The fourth-order valence-corrected chi connectivity index (χ4v) is 3.69. The lowest BCUT2D eigenvalue weighted by Crippen LogP contribution is -2.57. The zero-order chi connectivity index (χ0) is 30.6. The molecule has 0 radical (unpaired) electrons. The van der Waals surface area contributed by atoms with Gasteiger partial charge in [-0.05, 0) is 42.9 Å². The Morgan fingerprint density at radius 3 is 1.13 bits per heavy atom. The van der Waals surface area contributed by atoms with Crippen LogP contribution in [0.15, 0.2) is 10.2 Å². The van der Waals surface area contributed by atoms with E-state index in [-0.39, 0.29) is 12.8 Å². The van der Waals surface area contributed by atoms with Gasteiger partial charge in [0.05, 0.1) is 0 Å². The van der Waals surface area contributed by atoms with Gasteiger partial charge in [0.25, 0.3) is 5.55 Å². The molecular weight excluding hydrogens is 772 g/mol. The first-order chi connectivity index (χ1) is 16.2. The number of azide groups is 2. The zero-order valence-corrected chi connectivity index (χ0v) is 24.9. The van der Waals surface area contributed by atoms with Crippen molar-refractivity contribution in [2.24, 2.45) is 10.2 Å². The molecular formula is C16H25Br3F12N6Si. The van der Waals surface area contributed by atoms with Gasteiger partial charge in [-0.15, -0.1) is 0 Å². The summed E-state index contributed by atoms with van der Waals surface area (Å²) >= 11 is 5.77. The summed E-state index contributed by atoms with van der Waals surface area (Å²) in [6.45, 7) is 2.24. The molecule has 228 valence electrons. The Morgan fingerprint density at radius 2 is 0.921 bits per heavy atom. The Hall–Kier alpha value is -0.563. The molecule has 0 bridgehead atoms. The largest absolute Gasteiger partial charge is 0.363 e. The topological polar surface area (TPSA) is 97.5 Å². The normalized spacial score (nSPS) is 12.9. The van der Waals surface area contributed by atoms with Crippen LogP contribution in [-0.4, -0.2) is 59.5 Å².